The summed E-state index contributed by atoms with van der Waals surface area (Å²) in [6.07, 6.45) is 1.91. The fourth-order valence-corrected chi connectivity index (χ4v) is 8.58. The van der Waals surface area contributed by atoms with Gasteiger partial charge in [0.15, 0.2) is 13.1 Å². The molecule has 2 aliphatic heterocycles. The molecule has 17 heteroatoms. The van der Waals surface area contributed by atoms with Gasteiger partial charge in [0.1, 0.15) is 52.1 Å². The SMILES string of the molecule is CC(C)(C)OP(C)(=O)OCOC1[C@@H](Sc2cncc(Br)c2)OC2COC(c3ccccc3)O[C@@H]2[C@@H]1n1cc(-c2cc(F)c(Cl)c(F)c2)nn1. The average molecular weight is 802 g/mol. The lowest BCUT2D eigenvalue weighted by Crippen LogP contribution is -2.59. The molecule has 7 atom stereocenters. The Morgan fingerprint density at radius 1 is 1.12 bits per heavy atom. The lowest BCUT2D eigenvalue weighted by molar-refractivity contribution is -0.312. The van der Waals surface area contributed by atoms with Crippen LogP contribution in [0.25, 0.3) is 11.3 Å². The number of fused-ring (bicyclic) bond motifs is 1. The van der Waals surface area contributed by atoms with Crippen molar-refractivity contribution in [2.75, 3.05) is 20.1 Å². The third-order valence-corrected chi connectivity index (χ3v) is 10.8. The van der Waals surface area contributed by atoms with Crippen LogP contribution in [-0.2, 0) is 32.6 Å². The average Bonchev–Trinajstić information content (AvgIpc) is 3.52. The number of pyridine rings is 1. The maximum Gasteiger partial charge on any atom is 0.330 e. The van der Waals surface area contributed by atoms with Crippen molar-refractivity contribution in [2.24, 2.45) is 0 Å². The molecule has 4 aromatic rings. The van der Waals surface area contributed by atoms with Gasteiger partial charge in [-0.05, 0) is 54.9 Å². The van der Waals surface area contributed by atoms with Gasteiger partial charge in [0.2, 0.25) is 0 Å². The van der Waals surface area contributed by atoms with Crippen LogP contribution in [0.15, 0.2) is 76.5 Å². The zero-order chi connectivity index (χ0) is 34.9. The number of thioether (sulfide) groups is 1. The Labute approximate surface area is 299 Å². The predicted molar refractivity (Wildman–Crippen MR) is 181 cm³/mol. The number of aromatic nitrogens is 4. The Kier molecular flexibility index (Phi) is 11.3. The van der Waals surface area contributed by atoms with Gasteiger partial charge in [0.25, 0.3) is 0 Å². The highest BCUT2D eigenvalue weighted by atomic mass is 79.9. The first-order valence-electron chi connectivity index (χ1n) is 15.1. The molecule has 0 radical (unpaired) electrons. The number of benzene rings is 2. The van der Waals surface area contributed by atoms with Crippen LogP contribution < -0.4 is 0 Å². The molecule has 0 saturated carbocycles. The molecule has 0 amide bonds. The van der Waals surface area contributed by atoms with Crippen LogP contribution in [-0.4, -0.2) is 69.4 Å². The van der Waals surface area contributed by atoms with Gasteiger partial charge in [-0.3, -0.25) is 14.1 Å². The van der Waals surface area contributed by atoms with Gasteiger partial charge in [-0.2, -0.15) is 0 Å². The topological polar surface area (TPSA) is 116 Å². The molecule has 6 rings (SSSR count). The number of hydrogen-bond donors (Lipinski definition) is 0. The Hall–Kier alpha value is -2.30. The van der Waals surface area contributed by atoms with E-state index in [1.165, 1.54) is 23.1 Å². The summed E-state index contributed by atoms with van der Waals surface area (Å²) in [7, 11) is -3.55. The minimum atomic E-state index is -3.55. The summed E-state index contributed by atoms with van der Waals surface area (Å²) < 4.78 is 81.3. The van der Waals surface area contributed by atoms with Crippen molar-refractivity contribution in [1.29, 1.82) is 0 Å². The van der Waals surface area contributed by atoms with E-state index in [0.29, 0.717) is 0 Å². The van der Waals surface area contributed by atoms with E-state index in [0.717, 1.165) is 27.1 Å². The number of nitrogens with zero attached hydrogens (tertiary/aromatic N) is 4. The summed E-state index contributed by atoms with van der Waals surface area (Å²) in [5.74, 6) is -1.87. The van der Waals surface area contributed by atoms with Crippen molar-refractivity contribution in [2.45, 2.75) is 67.3 Å². The largest absolute Gasteiger partial charge is 0.356 e. The van der Waals surface area contributed by atoms with Crippen LogP contribution in [0.3, 0.4) is 0 Å². The molecule has 0 bridgehead atoms. The van der Waals surface area contributed by atoms with E-state index in [1.807, 2.05) is 36.4 Å². The second-order valence-corrected chi connectivity index (χ2v) is 16.8. The molecule has 262 valence electrons. The molecular weight excluding hydrogens is 769 g/mol. The van der Waals surface area contributed by atoms with Crippen molar-refractivity contribution < 1.29 is 41.3 Å². The van der Waals surface area contributed by atoms with Crippen LogP contribution in [0.1, 0.15) is 38.7 Å². The normalized spacial score (nSPS) is 25.5. The second-order valence-electron chi connectivity index (χ2n) is 12.4. The van der Waals surface area contributed by atoms with Gasteiger partial charge < -0.3 is 23.5 Å². The Balaban J connectivity index is 1.38. The van der Waals surface area contributed by atoms with E-state index < -0.39 is 72.7 Å². The summed E-state index contributed by atoms with van der Waals surface area (Å²) in [6, 6.07) is 12.7. The molecule has 11 nitrogen and oxygen atoms in total. The minimum Gasteiger partial charge on any atom is -0.356 e. The van der Waals surface area contributed by atoms with E-state index in [1.54, 1.807) is 39.4 Å². The van der Waals surface area contributed by atoms with Gasteiger partial charge >= 0.3 is 7.60 Å². The van der Waals surface area contributed by atoms with E-state index in [4.69, 9.17) is 39.6 Å². The highest BCUT2D eigenvalue weighted by Crippen LogP contribution is 2.49. The molecule has 2 saturated heterocycles. The van der Waals surface area contributed by atoms with Crippen LogP contribution in [0.5, 0.6) is 0 Å². The van der Waals surface area contributed by atoms with E-state index in [-0.39, 0.29) is 17.9 Å². The maximum atomic E-state index is 14.4. The highest BCUT2D eigenvalue weighted by Gasteiger charge is 2.52. The van der Waals surface area contributed by atoms with Crippen LogP contribution in [0.4, 0.5) is 8.78 Å². The first-order valence-corrected chi connectivity index (χ1v) is 19.2. The number of ether oxygens (including phenoxy) is 4. The molecule has 49 heavy (non-hydrogen) atoms. The first kappa shape index (κ1) is 36.5. The van der Waals surface area contributed by atoms with Gasteiger partial charge in [-0.15, -0.1) is 5.10 Å². The first-order chi connectivity index (χ1) is 23.3. The molecule has 0 spiro atoms. The molecule has 2 fully saturated rings. The maximum absolute atomic E-state index is 14.4. The lowest BCUT2D eigenvalue weighted by atomic mass is 9.95. The van der Waals surface area contributed by atoms with Gasteiger partial charge in [-0.25, -0.2) is 13.5 Å². The lowest BCUT2D eigenvalue weighted by Gasteiger charge is -2.49. The highest BCUT2D eigenvalue weighted by molar-refractivity contribution is 9.10. The Bertz CT molecular complexity index is 1800. The van der Waals surface area contributed by atoms with Gasteiger partial charge in [0, 0.05) is 39.6 Å². The molecule has 2 aromatic carbocycles. The summed E-state index contributed by atoms with van der Waals surface area (Å²) in [6.45, 7) is 6.40. The van der Waals surface area contributed by atoms with Crippen LogP contribution in [0, 0.1) is 11.6 Å². The monoisotopic (exact) mass is 800 g/mol. The summed E-state index contributed by atoms with van der Waals surface area (Å²) in [5, 5.41) is 8.00. The fraction of sp³-hybridized carbons (Fsp3) is 0.406. The standard InChI is InChI=1S/C32H33BrClF2N4O7PS/c1-32(2,3)47-48(4,41)44-17-43-29-27(40-15-24(38-39-40)19-10-22(35)26(34)23(36)11-19)28-25(16-42-30(46-28)18-8-6-5-7-9-18)45-31(29)49-21-12-20(33)13-37-14-21/h5-15,25,27-31H,16-17H2,1-4H3/t25?,27-,28-,29?,30?,31+,48?/m0/s1. The molecule has 4 heterocycles. The quantitative estimate of drug-likeness (QED) is 0.0878. The predicted octanol–water partition coefficient (Wildman–Crippen LogP) is 8.20. The molecule has 2 aromatic heterocycles. The summed E-state index contributed by atoms with van der Waals surface area (Å²) >= 11 is 10.5. The van der Waals surface area contributed by atoms with Gasteiger partial charge in [-0.1, -0.05) is 58.9 Å². The van der Waals surface area contributed by atoms with E-state index in [9.17, 15) is 13.3 Å². The third kappa shape index (κ3) is 8.96. The third-order valence-electron chi connectivity index (χ3n) is 7.40. The summed E-state index contributed by atoms with van der Waals surface area (Å²) in [5.41, 5.74) is -0.377. The van der Waals surface area contributed by atoms with Crippen LogP contribution in [0.2, 0.25) is 5.02 Å². The smallest absolute Gasteiger partial charge is 0.330 e. The minimum absolute atomic E-state index is 0.127. The zero-order valence-electron chi connectivity index (χ0n) is 26.7. The van der Waals surface area contributed by atoms with Crippen molar-refractivity contribution in [3.05, 3.63) is 93.8 Å². The summed E-state index contributed by atoms with van der Waals surface area (Å²) in [4.78, 5) is 5.03. The Morgan fingerprint density at radius 3 is 2.55 bits per heavy atom. The molecular formula is C32H33BrClF2N4O7PS. The fourth-order valence-electron chi connectivity index (χ4n) is 5.50. The zero-order valence-corrected chi connectivity index (χ0v) is 30.8. The van der Waals surface area contributed by atoms with Crippen molar-refractivity contribution in [1.82, 2.24) is 20.0 Å². The Morgan fingerprint density at radius 2 is 1.86 bits per heavy atom. The van der Waals surface area contributed by atoms with E-state index in [2.05, 4.69) is 31.2 Å². The number of rotatable bonds is 10. The second kappa shape index (κ2) is 15.1. The van der Waals surface area contributed by atoms with E-state index >= 15 is 0 Å². The van der Waals surface area contributed by atoms with Crippen molar-refractivity contribution in [3.8, 4) is 11.3 Å². The molecule has 2 aliphatic rings. The molecule has 0 N–H and O–H groups in total. The number of halogens is 4. The molecule has 4 unspecified atom stereocenters. The van der Waals surface area contributed by atoms with Crippen molar-refractivity contribution >= 4 is 46.9 Å². The van der Waals surface area contributed by atoms with Crippen LogP contribution >= 0.6 is 46.9 Å². The van der Waals surface area contributed by atoms with Gasteiger partial charge in [0.05, 0.1) is 18.4 Å². The molecule has 0 aliphatic carbocycles. The van der Waals surface area contributed by atoms with Crippen molar-refractivity contribution in [3.63, 3.8) is 0 Å². The number of hydrogen-bond acceptors (Lipinski definition) is 11.